The fourth-order valence-corrected chi connectivity index (χ4v) is 2.02. The molecule has 2 aromatic carbocycles. The number of hydrogen-bond acceptors (Lipinski definition) is 4. The second kappa shape index (κ2) is 5.40. The number of amides is 1. The van der Waals surface area contributed by atoms with Crippen LogP contribution in [0.15, 0.2) is 42.5 Å². The highest BCUT2D eigenvalue weighted by Crippen LogP contribution is 2.40. The monoisotopic (exact) mass is 272 g/mol. The van der Waals surface area contributed by atoms with Crippen molar-refractivity contribution in [3.63, 3.8) is 0 Å². The highest BCUT2D eigenvalue weighted by Gasteiger charge is 2.24. The van der Waals surface area contributed by atoms with E-state index in [9.17, 15) is 14.9 Å². The lowest BCUT2D eigenvalue weighted by Crippen LogP contribution is -2.13. The Kier molecular flexibility index (Phi) is 3.65. The number of ether oxygens (including phenoxy) is 1. The van der Waals surface area contributed by atoms with Gasteiger partial charge in [-0.1, -0.05) is 30.3 Å². The molecule has 6 heteroatoms. The summed E-state index contributed by atoms with van der Waals surface area (Å²) in [6, 6.07) is 11.3. The molecule has 0 unspecified atom stereocenters. The Hall–Kier alpha value is -2.89. The SMILES string of the molecule is COc1c([N+](=O)[O-])ccc(C(N)=O)c1-c1ccccc1. The maximum absolute atomic E-state index is 11.5. The lowest BCUT2D eigenvalue weighted by atomic mass is 9.97. The number of methoxy groups -OCH3 is 1. The quantitative estimate of drug-likeness (QED) is 0.682. The number of carbonyl (C=O) groups is 1. The van der Waals surface area contributed by atoms with Crippen LogP contribution in [0.5, 0.6) is 5.75 Å². The standard InChI is InChI=1S/C14H12N2O4/c1-20-13-11(16(18)19)8-7-10(14(15)17)12(13)9-5-3-2-4-6-9/h2-8H,1H3,(H2,15,17). The summed E-state index contributed by atoms with van der Waals surface area (Å²) in [7, 11) is 1.32. The molecule has 0 saturated carbocycles. The molecule has 0 aliphatic carbocycles. The van der Waals surface area contributed by atoms with E-state index < -0.39 is 10.8 Å². The van der Waals surface area contributed by atoms with E-state index in [0.29, 0.717) is 11.1 Å². The van der Waals surface area contributed by atoms with Crippen molar-refractivity contribution in [1.29, 1.82) is 0 Å². The topological polar surface area (TPSA) is 95.5 Å². The minimum Gasteiger partial charge on any atom is -0.490 e. The van der Waals surface area contributed by atoms with Crippen molar-refractivity contribution < 1.29 is 14.5 Å². The Morgan fingerprint density at radius 3 is 2.35 bits per heavy atom. The zero-order valence-corrected chi connectivity index (χ0v) is 10.7. The molecule has 102 valence electrons. The van der Waals surface area contributed by atoms with E-state index in [2.05, 4.69) is 0 Å². The summed E-state index contributed by atoms with van der Waals surface area (Å²) in [6.07, 6.45) is 0. The van der Waals surface area contributed by atoms with Gasteiger partial charge in [0.05, 0.1) is 17.6 Å². The van der Waals surface area contributed by atoms with Crippen LogP contribution in [0, 0.1) is 10.1 Å². The minimum atomic E-state index is -0.669. The lowest BCUT2D eigenvalue weighted by Gasteiger charge is -2.12. The molecule has 0 bridgehead atoms. The van der Waals surface area contributed by atoms with E-state index in [1.165, 1.54) is 19.2 Å². The van der Waals surface area contributed by atoms with Gasteiger partial charge in [-0.15, -0.1) is 0 Å². The normalized spacial score (nSPS) is 10.1. The number of nitrogens with zero attached hydrogens (tertiary/aromatic N) is 1. The van der Waals surface area contributed by atoms with Gasteiger partial charge in [-0.3, -0.25) is 14.9 Å². The number of nitro benzene ring substituents is 1. The van der Waals surface area contributed by atoms with Gasteiger partial charge in [0.2, 0.25) is 11.7 Å². The molecule has 0 aromatic heterocycles. The summed E-state index contributed by atoms with van der Waals surface area (Å²) in [5, 5.41) is 11.1. The Morgan fingerprint density at radius 1 is 1.20 bits per heavy atom. The van der Waals surface area contributed by atoms with Crippen LogP contribution in [-0.2, 0) is 0 Å². The van der Waals surface area contributed by atoms with Crippen molar-refractivity contribution in [2.24, 2.45) is 5.73 Å². The molecule has 20 heavy (non-hydrogen) atoms. The van der Waals surface area contributed by atoms with Gasteiger partial charge in [0.15, 0.2) is 0 Å². The summed E-state index contributed by atoms with van der Waals surface area (Å²) in [6.45, 7) is 0. The van der Waals surface area contributed by atoms with E-state index >= 15 is 0 Å². The number of hydrogen-bond donors (Lipinski definition) is 1. The first-order valence-electron chi connectivity index (χ1n) is 5.77. The summed E-state index contributed by atoms with van der Waals surface area (Å²) in [4.78, 5) is 22.0. The van der Waals surface area contributed by atoms with E-state index in [-0.39, 0.29) is 17.0 Å². The van der Waals surface area contributed by atoms with Crippen LogP contribution in [0.2, 0.25) is 0 Å². The first kappa shape index (κ1) is 13.5. The predicted octanol–water partition coefficient (Wildman–Crippen LogP) is 2.37. The van der Waals surface area contributed by atoms with E-state index in [1.807, 2.05) is 0 Å². The van der Waals surface area contributed by atoms with Crippen molar-refractivity contribution in [3.05, 3.63) is 58.1 Å². The fourth-order valence-electron chi connectivity index (χ4n) is 2.02. The number of carbonyl (C=O) groups excluding carboxylic acids is 1. The van der Waals surface area contributed by atoms with Gasteiger partial charge in [0.1, 0.15) is 0 Å². The third-order valence-corrected chi connectivity index (χ3v) is 2.87. The highest BCUT2D eigenvalue weighted by molar-refractivity contribution is 6.02. The number of nitrogens with two attached hydrogens (primary N) is 1. The summed E-state index contributed by atoms with van der Waals surface area (Å²) in [5.41, 5.74) is 6.26. The number of primary amides is 1. The number of benzene rings is 2. The molecule has 0 radical (unpaired) electrons. The molecular formula is C14H12N2O4. The number of nitro groups is 1. The fraction of sp³-hybridized carbons (Fsp3) is 0.0714. The van der Waals surface area contributed by atoms with Gasteiger partial charge < -0.3 is 10.5 Å². The summed E-state index contributed by atoms with van der Waals surface area (Å²) < 4.78 is 5.13. The molecule has 0 aliphatic rings. The van der Waals surface area contributed by atoms with Crippen molar-refractivity contribution >= 4 is 11.6 Å². The van der Waals surface area contributed by atoms with Gasteiger partial charge in [-0.05, 0) is 11.6 Å². The van der Waals surface area contributed by atoms with E-state index in [1.54, 1.807) is 30.3 Å². The van der Waals surface area contributed by atoms with Crippen LogP contribution in [0.25, 0.3) is 11.1 Å². The Labute approximate surface area is 114 Å². The second-order valence-electron chi connectivity index (χ2n) is 4.03. The molecule has 1 amide bonds. The Bertz CT molecular complexity index is 668. The zero-order chi connectivity index (χ0) is 14.7. The van der Waals surface area contributed by atoms with Crippen LogP contribution in [0.4, 0.5) is 5.69 Å². The molecule has 0 aliphatic heterocycles. The van der Waals surface area contributed by atoms with Gasteiger partial charge >= 0.3 is 5.69 Å². The minimum absolute atomic E-state index is 0.0255. The molecule has 0 saturated heterocycles. The third-order valence-electron chi connectivity index (χ3n) is 2.87. The molecule has 2 N–H and O–H groups in total. The van der Waals surface area contributed by atoms with Gasteiger partial charge in [0.25, 0.3) is 0 Å². The highest BCUT2D eigenvalue weighted by atomic mass is 16.6. The average Bonchev–Trinajstić information content (AvgIpc) is 2.46. The van der Waals surface area contributed by atoms with E-state index in [0.717, 1.165) is 0 Å². The van der Waals surface area contributed by atoms with Crippen molar-refractivity contribution in [1.82, 2.24) is 0 Å². The van der Waals surface area contributed by atoms with Crippen LogP contribution >= 0.6 is 0 Å². The van der Waals surface area contributed by atoms with Gasteiger partial charge in [0, 0.05) is 11.6 Å². The van der Waals surface area contributed by atoms with Crippen molar-refractivity contribution in [3.8, 4) is 16.9 Å². The third kappa shape index (κ3) is 2.31. The van der Waals surface area contributed by atoms with Gasteiger partial charge in [-0.2, -0.15) is 0 Å². The van der Waals surface area contributed by atoms with Crippen LogP contribution in [0.1, 0.15) is 10.4 Å². The zero-order valence-electron chi connectivity index (χ0n) is 10.7. The lowest BCUT2D eigenvalue weighted by molar-refractivity contribution is -0.385. The molecular weight excluding hydrogens is 260 g/mol. The molecule has 0 fully saturated rings. The largest absolute Gasteiger partial charge is 0.490 e. The maximum atomic E-state index is 11.5. The Morgan fingerprint density at radius 2 is 1.85 bits per heavy atom. The number of rotatable bonds is 4. The molecule has 2 rings (SSSR count). The van der Waals surface area contributed by atoms with Crippen molar-refractivity contribution in [2.75, 3.05) is 7.11 Å². The first-order valence-corrected chi connectivity index (χ1v) is 5.77. The van der Waals surface area contributed by atoms with Crippen LogP contribution in [0.3, 0.4) is 0 Å². The maximum Gasteiger partial charge on any atom is 0.311 e. The molecule has 0 atom stereocenters. The molecule has 0 heterocycles. The summed E-state index contributed by atoms with van der Waals surface area (Å²) in [5.74, 6) is -0.644. The molecule has 6 nitrogen and oxygen atoms in total. The first-order chi connectivity index (χ1) is 9.56. The second-order valence-corrected chi connectivity index (χ2v) is 4.03. The van der Waals surface area contributed by atoms with E-state index in [4.69, 9.17) is 10.5 Å². The molecule has 2 aromatic rings. The average molecular weight is 272 g/mol. The predicted molar refractivity (Wildman–Crippen MR) is 73.6 cm³/mol. The Balaban J connectivity index is 2.83. The van der Waals surface area contributed by atoms with Crippen molar-refractivity contribution in [2.45, 2.75) is 0 Å². The van der Waals surface area contributed by atoms with Crippen LogP contribution < -0.4 is 10.5 Å². The summed E-state index contributed by atoms with van der Waals surface area (Å²) >= 11 is 0. The smallest absolute Gasteiger partial charge is 0.311 e. The van der Waals surface area contributed by atoms with Gasteiger partial charge in [-0.25, -0.2) is 0 Å². The molecule has 0 spiro atoms. The van der Waals surface area contributed by atoms with Crippen LogP contribution in [-0.4, -0.2) is 17.9 Å².